The predicted octanol–water partition coefficient (Wildman–Crippen LogP) is 0.682. The monoisotopic (exact) mass is 279 g/mol. The van der Waals surface area contributed by atoms with Gasteiger partial charge in [0.25, 0.3) is 0 Å². The first-order valence-electron chi connectivity index (χ1n) is 6.26. The summed E-state index contributed by atoms with van der Waals surface area (Å²) >= 11 is 0. The number of carboxylic acids is 1. The largest absolute Gasteiger partial charge is 0.480 e. The fourth-order valence-corrected chi connectivity index (χ4v) is 3.74. The van der Waals surface area contributed by atoms with E-state index in [2.05, 4.69) is 0 Å². The predicted molar refractivity (Wildman–Crippen MR) is 66.9 cm³/mol. The van der Waals surface area contributed by atoms with Crippen LogP contribution < -0.4 is 0 Å². The summed E-state index contributed by atoms with van der Waals surface area (Å²) in [7, 11) is -3.55. The summed E-state index contributed by atoms with van der Waals surface area (Å²) < 4.78 is 30.4. The van der Waals surface area contributed by atoms with Crippen LogP contribution in [0.5, 0.6) is 0 Å². The molecule has 0 spiro atoms. The minimum atomic E-state index is -3.55. The van der Waals surface area contributed by atoms with Crippen molar-refractivity contribution in [1.29, 1.82) is 0 Å². The van der Waals surface area contributed by atoms with Crippen molar-refractivity contribution in [3.05, 3.63) is 0 Å². The van der Waals surface area contributed by atoms with Crippen LogP contribution in [-0.2, 0) is 19.6 Å². The molecule has 1 N–H and O–H groups in total. The Labute approximate surface area is 108 Å². The molecule has 1 saturated carbocycles. The molecule has 0 aromatic rings. The van der Waals surface area contributed by atoms with Crippen LogP contribution in [0.15, 0.2) is 0 Å². The summed E-state index contributed by atoms with van der Waals surface area (Å²) in [5.41, 5.74) is 0. The van der Waals surface area contributed by atoms with Crippen molar-refractivity contribution in [2.75, 3.05) is 25.5 Å². The lowest BCUT2D eigenvalue weighted by atomic mass is 10.2. The lowest BCUT2D eigenvalue weighted by Gasteiger charge is -2.26. The Hall–Kier alpha value is -0.660. The van der Waals surface area contributed by atoms with Gasteiger partial charge in [-0.25, -0.2) is 8.42 Å². The summed E-state index contributed by atoms with van der Waals surface area (Å²) in [6.07, 6.45) is 3.42. The van der Waals surface area contributed by atoms with Gasteiger partial charge in [0, 0.05) is 12.6 Å². The summed E-state index contributed by atoms with van der Waals surface area (Å²) in [6, 6.07) is -0.160. The number of hydrogen-bond donors (Lipinski definition) is 1. The van der Waals surface area contributed by atoms with Crippen molar-refractivity contribution in [3.63, 3.8) is 0 Å². The second-order valence-electron chi connectivity index (χ2n) is 4.39. The highest BCUT2D eigenvalue weighted by Crippen LogP contribution is 2.25. The first-order valence-corrected chi connectivity index (χ1v) is 7.87. The highest BCUT2D eigenvalue weighted by atomic mass is 32.2. The topological polar surface area (TPSA) is 83.9 Å². The van der Waals surface area contributed by atoms with Crippen LogP contribution in [0.1, 0.15) is 32.6 Å². The molecule has 0 unspecified atom stereocenters. The molecule has 18 heavy (non-hydrogen) atoms. The molecule has 0 aromatic heterocycles. The highest BCUT2D eigenvalue weighted by molar-refractivity contribution is 7.89. The quantitative estimate of drug-likeness (QED) is 0.661. The molecule has 0 atom stereocenters. The van der Waals surface area contributed by atoms with E-state index in [1.165, 1.54) is 0 Å². The van der Waals surface area contributed by atoms with Gasteiger partial charge in [-0.3, -0.25) is 4.79 Å². The third-order valence-corrected chi connectivity index (χ3v) is 4.89. The van der Waals surface area contributed by atoms with Crippen LogP contribution >= 0.6 is 0 Å². The van der Waals surface area contributed by atoms with Crippen molar-refractivity contribution in [2.24, 2.45) is 0 Å². The third kappa shape index (κ3) is 4.55. The SMILES string of the molecule is CCOCCS(=O)(=O)N(CC(=O)O)C1CCCC1. The second kappa shape index (κ2) is 7.06. The summed E-state index contributed by atoms with van der Waals surface area (Å²) in [6.45, 7) is 1.91. The lowest BCUT2D eigenvalue weighted by Crippen LogP contribution is -2.44. The third-order valence-electron chi connectivity index (χ3n) is 3.07. The fourth-order valence-electron chi connectivity index (χ4n) is 2.21. The number of carbonyl (C=O) groups is 1. The average Bonchev–Trinajstić information content (AvgIpc) is 2.78. The van der Waals surface area contributed by atoms with Crippen LogP contribution in [0.4, 0.5) is 0 Å². The first-order chi connectivity index (χ1) is 8.47. The van der Waals surface area contributed by atoms with E-state index in [9.17, 15) is 13.2 Å². The van der Waals surface area contributed by atoms with E-state index in [-0.39, 0.29) is 18.4 Å². The van der Waals surface area contributed by atoms with E-state index in [0.717, 1.165) is 30.0 Å². The standard InChI is InChI=1S/C11H21NO5S/c1-2-17-7-8-18(15,16)12(9-11(13)14)10-5-3-4-6-10/h10H,2-9H2,1H3,(H,13,14). The number of carboxylic acid groups (broad SMARTS) is 1. The molecule has 0 radical (unpaired) electrons. The van der Waals surface area contributed by atoms with Gasteiger partial charge in [-0.1, -0.05) is 12.8 Å². The minimum Gasteiger partial charge on any atom is -0.480 e. The highest BCUT2D eigenvalue weighted by Gasteiger charge is 2.33. The number of sulfonamides is 1. The number of hydrogen-bond acceptors (Lipinski definition) is 4. The Morgan fingerprint density at radius 3 is 2.50 bits per heavy atom. The molecule has 1 rings (SSSR count). The molecule has 106 valence electrons. The molecule has 6 nitrogen and oxygen atoms in total. The zero-order valence-corrected chi connectivity index (χ0v) is 11.5. The molecule has 1 aliphatic carbocycles. The molecule has 1 aliphatic rings. The number of nitrogens with zero attached hydrogens (tertiary/aromatic N) is 1. The van der Waals surface area contributed by atoms with Gasteiger partial charge in [-0.05, 0) is 19.8 Å². The second-order valence-corrected chi connectivity index (χ2v) is 6.43. The minimum absolute atomic E-state index is 0.113. The molecule has 0 aromatic carbocycles. The maximum absolute atomic E-state index is 12.1. The Bertz CT molecular complexity index is 362. The molecular weight excluding hydrogens is 258 g/mol. The Morgan fingerprint density at radius 1 is 1.39 bits per heavy atom. The Balaban J connectivity index is 2.70. The van der Waals surface area contributed by atoms with Crippen molar-refractivity contribution in [3.8, 4) is 0 Å². The number of ether oxygens (including phenoxy) is 1. The Morgan fingerprint density at radius 2 is 2.00 bits per heavy atom. The van der Waals surface area contributed by atoms with Crippen LogP contribution in [0.3, 0.4) is 0 Å². The number of aliphatic carboxylic acids is 1. The van der Waals surface area contributed by atoms with E-state index in [1.54, 1.807) is 6.92 Å². The molecule has 1 fully saturated rings. The first kappa shape index (κ1) is 15.4. The lowest BCUT2D eigenvalue weighted by molar-refractivity contribution is -0.137. The summed E-state index contributed by atoms with van der Waals surface area (Å²) in [5.74, 6) is -1.26. The van der Waals surface area contributed by atoms with Gasteiger partial charge in [0.15, 0.2) is 0 Å². The molecule has 0 aliphatic heterocycles. The van der Waals surface area contributed by atoms with Gasteiger partial charge in [0.1, 0.15) is 6.54 Å². The van der Waals surface area contributed by atoms with Crippen molar-refractivity contribution >= 4 is 16.0 Å². The maximum atomic E-state index is 12.1. The zero-order valence-electron chi connectivity index (χ0n) is 10.7. The average molecular weight is 279 g/mol. The molecule has 0 bridgehead atoms. The number of rotatable bonds is 8. The Kier molecular flexibility index (Phi) is 6.04. The van der Waals surface area contributed by atoms with E-state index < -0.39 is 22.5 Å². The zero-order chi connectivity index (χ0) is 13.6. The molecular formula is C11H21NO5S. The van der Waals surface area contributed by atoms with Gasteiger partial charge in [-0.2, -0.15) is 4.31 Å². The van der Waals surface area contributed by atoms with E-state index >= 15 is 0 Å². The van der Waals surface area contributed by atoms with Gasteiger partial charge in [0.2, 0.25) is 10.0 Å². The fraction of sp³-hybridized carbons (Fsp3) is 0.909. The molecule has 0 amide bonds. The van der Waals surface area contributed by atoms with Crippen molar-refractivity contribution in [2.45, 2.75) is 38.6 Å². The maximum Gasteiger partial charge on any atom is 0.318 e. The van der Waals surface area contributed by atoms with E-state index in [1.807, 2.05) is 0 Å². The summed E-state index contributed by atoms with van der Waals surface area (Å²) in [4.78, 5) is 10.8. The van der Waals surface area contributed by atoms with E-state index in [0.29, 0.717) is 6.61 Å². The van der Waals surface area contributed by atoms with Crippen molar-refractivity contribution in [1.82, 2.24) is 4.31 Å². The van der Waals surface area contributed by atoms with Crippen LogP contribution in [0.2, 0.25) is 0 Å². The molecule has 0 heterocycles. The van der Waals surface area contributed by atoms with E-state index in [4.69, 9.17) is 9.84 Å². The normalized spacial score (nSPS) is 17.4. The van der Waals surface area contributed by atoms with Gasteiger partial charge in [-0.15, -0.1) is 0 Å². The summed E-state index contributed by atoms with van der Waals surface area (Å²) in [5, 5.41) is 8.84. The van der Waals surface area contributed by atoms with Crippen LogP contribution in [0.25, 0.3) is 0 Å². The van der Waals surface area contributed by atoms with Crippen LogP contribution in [-0.4, -0.2) is 55.4 Å². The molecule has 7 heteroatoms. The smallest absolute Gasteiger partial charge is 0.318 e. The van der Waals surface area contributed by atoms with Gasteiger partial charge >= 0.3 is 5.97 Å². The van der Waals surface area contributed by atoms with Crippen molar-refractivity contribution < 1.29 is 23.1 Å². The van der Waals surface area contributed by atoms with Gasteiger partial charge < -0.3 is 9.84 Å². The van der Waals surface area contributed by atoms with Crippen LogP contribution in [0, 0.1) is 0 Å². The molecule has 0 saturated heterocycles. The van der Waals surface area contributed by atoms with Gasteiger partial charge in [0.05, 0.1) is 12.4 Å².